The molecule has 100 valence electrons. The molecular formula is C13H25NO3. The van der Waals surface area contributed by atoms with E-state index in [0.29, 0.717) is 6.42 Å². The van der Waals surface area contributed by atoms with Gasteiger partial charge in [0.05, 0.1) is 12.1 Å². The molecule has 2 N–H and O–H groups in total. The first-order chi connectivity index (χ1) is 7.67. The van der Waals surface area contributed by atoms with Gasteiger partial charge in [-0.1, -0.05) is 19.9 Å². The molecule has 1 amide bonds. The van der Waals surface area contributed by atoms with Crippen molar-refractivity contribution in [2.75, 3.05) is 0 Å². The number of carbonyl (C=O) groups is 1. The summed E-state index contributed by atoms with van der Waals surface area (Å²) in [7, 11) is 0. The highest BCUT2D eigenvalue weighted by Crippen LogP contribution is 2.12. The van der Waals surface area contributed by atoms with Crippen LogP contribution in [-0.4, -0.2) is 28.9 Å². The van der Waals surface area contributed by atoms with Crippen LogP contribution in [0.25, 0.3) is 0 Å². The SMILES string of the molecule is C=CC[C@H](O)[C@@H](NC(=O)OC(C)(C)C)C(C)C. The Balaban J connectivity index is 4.45. The molecule has 0 radical (unpaired) electrons. The Bertz CT molecular complexity index is 256. The Hall–Kier alpha value is -1.03. The number of amides is 1. The third kappa shape index (κ3) is 7.00. The Morgan fingerprint density at radius 2 is 2.00 bits per heavy atom. The molecule has 0 fully saturated rings. The molecule has 0 unspecified atom stereocenters. The zero-order valence-corrected chi connectivity index (χ0v) is 11.5. The number of ether oxygens (including phenoxy) is 1. The first-order valence-corrected chi connectivity index (χ1v) is 5.96. The van der Waals surface area contributed by atoms with Gasteiger partial charge in [-0.2, -0.15) is 0 Å². The van der Waals surface area contributed by atoms with E-state index < -0.39 is 17.8 Å². The maximum Gasteiger partial charge on any atom is 0.407 e. The molecule has 2 atom stereocenters. The normalized spacial score (nSPS) is 15.2. The molecule has 0 aliphatic heterocycles. The third-order valence-corrected chi connectivity index (χ3v) is 2.22. The minimum atomic E-state index is -0.639. The molecule has 0 aromatic carbocycles. The molecule has 0 spiro atoms. The van der Waals surface area contributed by atoms with Crippen LogP contribution in [0.4, 0.5) is 4.79 Å². The number of rotatable bonds is 5. The molecule has 0 aromatic heterocycles. The standard InChI is InChI=1S/C13H25NO3/c1-7-8-10(15)11(9(2)3)14-12(16)17-13(4,5)6/h7,9-11,15H,1,8H2,2-6H3,(H,14,16)/t10-,11-/m0/s1. The predicted octanol–water partition coefficient (Wildman–Crippen LogP) is 2.47. The van der Waals surface area contributed by atoms with Gasteiger partial charge in [0.25, 0.3) is 0 Å². The maximum atomic E-state index is 11.6. The lowest BCUT2D eigenvalue weighted by molar-refractivity contribution is 0.0379. The number of alkyl carbamates (subject to hydrolysis) is 1. The zero-order valence-electron chi connectivity index (χ0n) is 11.5. The topological polar surface area (TPSA) is 58.6 Å². The molecule has 0 saturated carbocycles. The fourth-order valence-electron chi connectivity index (χ4n) is 1.47. The molecule has 0 bridgehead atoms. The van der Waals surface area contributed by atoms with Crippen LogP contribution in [0.5, 0.6) is 0 Å². The van der Waals surface area contributed by atoms with Gasteiger partial charge < -0.3 is 15.2 Å². The van der Waals surface area contributed by atoms with Crippen LogP contribution in [0.2, 0.25) is 0 Å². The fraction of sp³-hybridized carbons (Fsp3) is 0.769. The predicted molar refractivity (Wildman–Crippen MR) is 68.8 cm³/mol. The van der Waals surface area contributed by atoms with Crippen molar-refractivity contribution in [3.63, 3.8) is 0 Å². The van der Waals surface area contributed by atoms with Crippen molar-refractivity contribution in [3.05, 3.63) is 12.7 Å². The molecule has 4 heteroatoms. The Morgan fingerprint density at radius 1 is 1.47 bits per heavy atom. The van der Waals surface area contributed by atoms with E-state index in [1.807, 2.05) is 13.8 Å². The molecule has 0 aliphatic rings. The van der Waals surface area contributed by atoms with Crippen molar-refractivity contribution in [2.24, 2.45) is 5.92 Å². The van der Waals surface area contributed by atoms with E-state index >= 15 is 0 Å². The summed E-state index contributed by atoms with van der Waals surface area (Å²) in [6.07, 6.45) is 0.939. The molecule has 4 nitrogen and oxygen atoms in total. The smallest absolute Gasteiger partial charge is 0.407 e. The van der Waals surface area contributed by atoms with Crippen LogP contribution < -0.4 is 5.32 Å². The van der Waals surface area contributed by atoms with E-state index in [4.69, 9.17) is 4.74 Å². The second-order valence-corrected chi connectivity index (χ2v) is 5.51. The van der Waals surface area contributed by atoms with Crippen molar-refractivity contribution in [1.29, 1.82) is 0 Å². The van der Waals surface area contributed by atoms with Crippen molar-refractivity contribution < 1.29 is 14.6 Å². The van der Waals surface area contributed by atoms with Crippen LogP contribution in [0.3, 0.4) is 0 Å². The Morgan fingerprint density at radius 3 is 2.35 bits per heavy atom. The van der Waals surface area contributed by atoms with Gasteiger partial charge in [-0.3, -0.25) is 0 Å². The van der Waals surface area contributed by atoms with E-state index in [1.54, 1.807) is 26.8 Å². The highest BCUT2D eigenvalue weighted by atomic mass is 16.6. The molecule has 0 aromatic rings. The second-order valence-electron chi connectivity index (χ2n) is 5.51. The van der Waals surface area contributed by atoms with E-state index in [0.717, 1.165) is 0 Å². The summed E-state index contributed by atoms with van der Waals surface area (Å²) in [6, 6.07) is -0.331. The number of aliphatic hydroxyl groups excluding tert-OH is 1. The summed E-state index contributed by atoms with van der Waals surface area (Å²) in [5.41, 5.74) is -0.533. The highest BCUT2D eigenvalue weighted by Gasteiger charge is 2.26. The van der Waals surface area contributed by atoms with Crippen LogP contribution >= 0.6 is 0 Å². The minimum Gasteiger partial charge on any atom is -0.444 e. The van der Waals surface area contributed by atoms with Crippen LogP contribution in [0.15, 0.2) is 12.7 Å². The van der Waals surface area contributed by atoms with Gasteiger partial charge in [-0.25, -0.2) is 4.79 Å². The summed E-state index contributed by atoms with van der Waals surface area (Å²) in [4.78, 5) is 11.6. The van der Waals surface area contributed by atoms with E-state index in [1.165, 1.54) is 0 Å². The van der Waals surface area contributed by atoms with Gasteiger partial charge in [0, 0.05) is 0 Å². The summed E-state index contributed by atoms with van der Waals surface area (Å²) < 4.78 is 5.16. The van der Waals surface area contributed by atoms with Crippen LogP contribution in [0.1, 0.15) is 41.0 Å². The third-order valence-electron chi connectivity index (χ3n) is 2.22. The van der Waals surface area contributed by atoms with Crippen LogP contribution in [0, 0.1) is 5.92 Å². The van der Waals surface area contributed by atoms with Gasteiger partial charge in [-0.05, 0) is 33.1 Å². The number of hydrogen-bond acceptors (Lipinski definition) is 3. The second kappa shape index (κ2) is 6.64. The Labute approximate surface area is 104 Å². The zero-order chi connectivity index (χ0) is 13.6. The van der Waals surface area contributed by atoms with Crippen LogP contribution in [-0.2, 0) is 4.74 Å². The number of nitrogens with one attached hydrogen (secondary N) is 1. The summed E-state index contributed by atoms with van der Waals surface area (Å²) in [6.45, 7) is 12.9. The maximum absolute atomic E-state index is 11.6. The molecule has 0 heterocycles. The lowest BCUT2D eigenvalue weighted by Gasteiger charge is -2.28. The average Bonchev–Trinajstić information content (AvgIpc) is 2.11. The minimum absolute atomic E-state index is 0.123. The largest absolute Gasteiger partial charge is 0.444 e. The van der Waals surface area contributed by atoms with Crippen molar-refractivity contribution in [2.45, 2.75) is 58.8 Å². The molecule has 17 heavy (non-hydrogen) atoms. The number of hydrogen-bond donors (Lipinski definition) is 2. The first kappa shape index (κ1) is 16.0. The molecular weight excluding hydrogens is 218 g/mol. The van der Waals surface area contributed by atoms with Crippen molar-refractivity contribution in [1.82, 2.24) is 5.32 Å². The summed E-state index contributed by atoms with van der Waals surface area (Å²) in [5.74, 6) is 0.123. The summed E-state index contributed by atoms with van der Waals surface area (Å²) in [5, 5.41) is 12.6. The Kier molecular flexibility index (Phi) is 6.24. The van der Waals surface area contributed by atoms with Gasteiger partial charge in [0.1, 0.15) is 5.60 Å². The van der Waals surface area contributed by atoms with Crippen molar-refractivity contribution in [3.8, 4) is 0 Å². The van der Waals surface area contributed by atoms with Gasteiger partial charge >= 0.3 is 6.09 Å². The van der Waals surface area contributed by atoms with Gasteiger partial charge in [-0.15, -0.1) is 6.58 Å². The lowest BCUT2D eigenvalue weighted by Crippen LogP contribution is -2.48. The fourth-order valence-corrected chi connectivity index (χ4v) is 1.47. The number of carbonyl (C=O) groups excluding carboxylic acids is 1. The van der Waals surface area contributed by atoms with E-state index in [-0.39, 0.29) is 12.0 Å². The van der Waals surface area contributed by atoms with E-state index in [9.17, 15) is 9.90 Å². The average molecular weight is 243 g/mol. The number of aliphatic hydroxyl groups is 1. The quantitative estimate of drug-likeness (QED) is 0.729. The monoisotopic (exact) mass is 243 g/mol. The van der Waals surface area contributed by atoms with Crippen molar-refractivity contribution >= 4 is 6.09 Å². The van der Waals surface area contributed by atoms with E-state index in [2.05, 4.69) is 11.9 Å². The molecule has 0 aliphatic carbocycles. The first-order valence-electron chi connectivity index (χ1n) is 5.96. The lowest BCUT2D eigenvalue weighted by atomic mass is 9.96. The summed E-state index contributed by atoms with van der Waals surface area (Å²) >= 11 is 0. The van der Waals surface area contributed by atoms with Gasteiger partial charge in [0.2, 0.25) is 0 Å². The highest BCUT2D eigenvalue weighted by molar-refractivity contribution is 5.68. The molecule has 0 rings (SSSR count). The molecule has 0 saturated heterocycles. The van der Waals surface area contributed by atoms with Gasteiger partial charge in [0.15, 0.2) is 0 Å².